The van der Waals surface area contributed by atoms with Gasteiger partial charge >= 0.3 is 6.01 Å². The highest BCUT2D eigenvalue weighted by atomic mass is 127. The van der Waals surface area contributed by atoms with Crippen LogP contribution in [0.1, 0.15) is 6.92 Å². The summed E-state index contributed by atoms with van der Waals surface area (Å²) < 4.78 is 6.31. The van der Waals surface area contributed by atoms with Crippen molar-refractivity contribution in [1.29, 1.82) is 0 Å². The average Bonchev–Trinajstić information content (AvgIpc) is 2.28. The van der Waals surface area contributed by atoms with Crippen LogP contribution in [0.25, 0.3) is 0 Å². The molecule has 1 aromatic heterocycles. The number of halogens is 2. The first-order valence-electron chi connectivity index (χ1n) is 5.24. The molecule has 5 nitrogen and oxygen atoms in total. The number of nitrogens with zero attached hydrogens (tertiary/aromatic N) is 3. The first-order chi connectivity index (χ1) is 8.67. The molecule has 2 rings (SSSR count). The second-order valence-electron chi connectivity index (χ2n) is 3.28. The van der Waals surface area contributed by atoms with Gasteiger partial charge in [-0.15, -0.1) is 0 Å². The molecule has 0 atom stereocenters. The second kappa shape index (κ2) is 6.14. The van der Waals surface area contributed by atoms with E-state index >= 15 is 0 Å². The van der Waals surface area contributed by atoms with Gasteiger partial charge in [0.2, 0.25) is 11.2 Å². The first-order valence-corrected chi connectivity index (χ1v) is 6.70. The minimum absolute atomic E-state index is 0.0987. The van der Waals surface area contributed by atoms with Crippen LogP contribution in [-0.2, 0) is 0 Å². The minimum atomic E-state index is 0.0987. The van der Waals surface area contributed by atoms with E-state index in [0.29, 0.717) is 12.6 Å². The number of benzene rings is 1. The van der Waals surface area contributed by atoms with E-state index < -0.39 is 0 Å². The molecule has 0 amide bonds. The SMILES string of the molecule is CCOc1nc(Cl)nc(Nc2cccc(I)c2)n1. The fourth-order valence-corrected chi connectivity index (χ4v) is 1.97. The lowest BCUT2D eigenvalue weighted by molar-refractivity contribution is 0.312. The van der Waals surface area contributed by atoms with Crippen molar-refractivity contribution in [3.8, 4) is 6.01 Å². The van der Waals surface area contributed by atoms with E-state index in [-0.39, 0.29) is 11.3 Å². The largest absolute Gasteiger partial charge is 0.464 e. The quantitative estimate of drug-likeness (QED) is 0.830. The fourth-order valence-electron chi connectivity index (χ4n) is 1.28. The van der Waals surface area contributed by atoms with E-state index in [0.717, 1.165) is 9.26 Å². The van der Waals surface area contributed by atoms with Gasteiger partial charge in [0.1, 0.15) is 0 Å². The van der Waals surface area contributed by atoms with Crippen LogP contribution in [0.4, 0.5) is 11.6 Å². The van der Waals surface area contributed by atoms with Crippen molar-refractivity contribution >= 4 is 45.8 Å². The Morgan fingerprint density at radius 3 is 2.89 bits per heavy atom. The molecule has 2 aromatic rings. The zero-order valence-electron chi connectivity index (χ0n) is 9.52. The van der Waals surface area contributed by atoms with Crippen molar-refractivity contribution in [2.45, 2.75) is 6.92 Å². The summed E-state index contributed by atoms with van der Waals surface area (Å²) in [6.45, 7) is 2.33. The van der Waals surface area contributed by atoms with Crippen LogP contribution in [-0.4, -0.2) is 21.6 Å². The van der Waals surface area contributed by atoms with Crippen LogP contribution >= 0.6 is 34.2 Å². The Morgan fingerprint density at radius 2 is 2.17 bits per heavy atom. The average molecular weight is 377 g/mol. The third-order valence-corrected chi connectivity index (χ3v) is 2.78. The van der Waals surface area contributed by atoms with Gasteiger partial charge in [-0.3, -0.25) is 0 Å². The van der Waals surface area contributed by atoms with Crippen molar-refractivity contribution in [3.05, 3.63) is 33.1 Å². The topological polar surface area (TPSA) is 59.9 Å². The molecule has 18 heavy (non-hydrogen) atoms. The highest BCUT2D eigenvalue weighted by Crippen LogP contribution is 2.18. The van der Waals surface area contributed by atoms with Gasteiger partial charge in [-0.2, -0.15) is 15.0 Å². The van der Waals surface area contributed by atoms with Gasteiger partial charge in [-0.05, 0) is 59.3 Å². The van der Waals surface area contributed by atoms with Gasteiger partial charge < -0.3 is 10.1 Å². The Hall–Kier alpha value is -1.15. The van der Waals surface area contributed by atoms with Crippen LogP contribution in [0.3, 0.4) is 0 Å². The summed E-state index contributed by atoms with van der Waals surface area (Å²) in [5, 5.41) is 3.15. The van der Waals surface area contributed by atoms with Gasteiger partial charge in [0.15, 0.2) is 0 Å². The second-order valence-corrected chi connectivity index (χ2v) is 4.86. The van der Waals surface area contributed by atoms with E-state index in [1.807, 2.05) is 31.2 Å². The van der Waals surface area contributed by atoms with Crippen molar-refractivity contribution in [2.75, 3.05) is 11.9 Å². The lowest BCUT2D eigenvalue weighted by atomic mass is 10.3. The summed E-state index contributed by atoms with van der Waals surface area (Å²) >= 11 is 8.03. The maximum Gasteiger partial charge on any atom is 0.322 e. The minimum Gasteiger partial charge on any atom is -0.464 e. The molecule has 0 fully saturated rings. The van der Waals surface area contributed by atoms with Crippen LogP contribution in [0, 0.1) is 3.57 Å². The monoisotopic (exact) mass is 376 g/mol. The van der Waals surface area contributed by atoms with E-state index in [1.54, 1.807) is 0 Å². The summed E-state index contributed by atoms with van der Waals surface area (Å²) in [5.41, 5.74) is 0.881. The van der Waals surface area contributed by atoms with E-state index in [4.69, 9.17) is 16.3 Å². The van der Waals surface area contributed by atoms with Crippen LogP contribution < -0.4 is 10.1 Å². The Morgan fingerprint density at radius 1 is 1.33 bits per heavy atom. The van der Waals surface area contributed by atoms with Gasteiger partial charge in [-0.25, -0.2) is 0 Å². The number of rotatable bonds is 4. The summed E-state index contributed by atoms with van der Waals surface area (Å²) in [5.74, 6) is 0.362. The van der Waals surface area contributed by atoms with Crippen molar-refractivity contribution in [3.63, 3.8) is 0 Å². The highest BCUT2D eigenvalue weighted by Gasteiger charge is 2.06. The fraction of sp³-hybridized carbons (Fsp3) is 0.182. The Balaban J connectivity index is 2.23. The first kappa shape index (κ1) is 13.3. The standard InChI is InChI=1S/C11H10ClIN4O/c1-2-18-11-16-9(12)15-10(17-11)14-8-5-3-4-7(13)6-8/h3-6H,2H2,1H3,(H,14,15,16,17). The van der Waals surface area contributed by atoms with Gasteiger partial charge in [0.25, 0.3) is 0 Å². The maximum absolute atomic E-state index is 5.80. The van der Waals surface area contributed by atoms with E-state index in [1.165, 1.54) is 0 Å². The smallest absolute Gasteiger partial charge is 0.322 e. The number of aromatic nitrogens is 3. The molecule has 1 N–H and O–H groups in total. The Bertz CT molecular complexity index is 552. The Labute approximate surface area is 123 Å². The lowest BCUT2D eigenvalue weighted by Gasteiger charge is -2.07. The van der Waals surface area contributed by atoms with Crippen molar-refractivity contribution in [1.82, 2.24) is 15.0 Å². The molecule has 0 unspecified atom stereocenters. The molecule has 0 spiro atoms. The summed E-state index contributed by atoms with van der Waals surface area (Å²) in [7, 11) is 0. The van der Waals surface area contributed by atoms with Gasteiger partial charge in [-0.1, -0.05) is 6.07 Å². The third kappa shape index (κ3) is 3.67. The summed E-state index contributed by atoms with van der Waals surface area (Å²) in [6.07, 6.45) is 0. The molecule has 1 aromatic carbocycles. The number of anilines is 2. The Kier molecular flexibility index (Phi) is 4.54. The molecule has 0 bridgehead atoms. The molecular weight excluding hydrogens is 367 g/mol. The molecule has 0 aliphatic rings. The number of nitrogens with one attached hydrogen (secondary N) is 1. The molecule has 0 saturated heterocycles. The molecule has 0 aliphatic carbocycles. The molecule has 7 heteroatoms. The summed E-state index contributed by atoms with van der Waals surface area (Å²) in [6, 6.07) is 8.04. The van der Waals surface area contributed by atoms with Crippen LogP contribution in [0.15, 0.2) is 24.3 Å². The van der Waals surface area contributed by atoms with Crippen LogP contribution in [0.2, 0.25) is 5.28 Å². The number of hydrogen-bond acceptors (Lipinski definition) is 5. The van der Waals surface area contributed by atoms with Crippen LogP contribution in [0.5, 0.6) is 6.01 Å². The van der Waals surface area contributed by atoms with Gasteiger partial charge in [0, 0.05) is 9.26 Å². The molecule has 0 radical (unpaired) electrons. The normalized spacial score (nSPS) is 10.2. The van der Waals surface area contributed by atoms with E-state index in [9.17, 15) is 0 Å². The van der Waals surface area contributed by atoms with E-state index in [2.05, 4.69) is 42.9 Å². The molecule has 1 heterocycles. The zero-order valence-corrected chi connectivity index (χ0v) is 12.4. The predicted octanol–water partition coefficient (Wildman–Crippen LogP) is 3.27. The molecule has 0 aliphatic heterocycles. The molecule has 94 valence electrons. The predicted molar refractivity (Wildman–Crippen MR) is 78.4 cm³/mol. The highest BCUT2D eigenvalue weighted by molar-refractivity contribution is 14.1. The maximum atomic E-state index is 5.80. The third-order valence-electron chi connectivity index (χ3n) is 1.94. The lowest BCUT2D eigenvalue weighted by Crippen LogP contribution is -2.03. The zero-order chi connectivity index (χ0) is 13.0. The molecule has 0 saturated carbocycles. The number of hydrogen-bond donors (Lipinski definition) is 1. The van der Waals surface area contributed by atoms with Crippen molar-refractivity contribution < 1.29 is 4.74 Å². The molecular formula is C11H10ClIN4O. The number of ether oxygens (including phenoxy) is 1. The summed E-state index contributed by atoms with van der Waals surface area (Å²) in [4.78, 5) is 12.0. The van der Waals surface area contributed by atoms with Gasteiger partial charge in [0.05, 0.1) is 6.61 Å². The van der Waals surface area contributed by atoms with Crippen molar-refractivity contribution in [2.24, 2.45) is 0 Å².